The van der Waals surface area contributed by atoms with Crippen LogP contribution in [0.3, 0.4) is 0 Å². The van der Waals surface area contributed by atoms with Gasteiger partial charge >= 0.3 is 0 Å². The molecular formula is C20H24N4O. The monoisotopic (exact) mass is 336 g/mol. The summed E-state index contributed by atoms with van der Waals surface area (Å²) in [5.74, 6) is 0.0448. The molecule has 0 spiro atoms. The molecule has 0 radical (unpaired) electrons. The second-order valence-corrected chi connectivity index (χ2v) is 6.67. The molecule has 1 aromatic carbocycles. The molecule has 1 aliphatic heterocycles. The zero-order valence-electron chi connectivity index (χ0n) is 14.6. The van der Waals surface area contributed by atoms with E-state index in [0.29, 0.717) is 6.54 Å². The van der Waals surface area contributed by atoms with Gasteiger partial charge in [0.15, 0.2) is 0 Å². The molecule has 2 heterocycles. The summed E-state index contributed by atoms with van der Waals surface area (Å²) in [5.41, 5.74) is 3.00. The second-order valence-electron chi connectivity index (χ2n) is 6.67. The van der Waals surface area contributed by atoms with Gasteiger partial charge in [-0.15, -0.1) is 0 Å². The Kier molecular flexibility index (Phi) is 5.52. The topological polar surface area (TPSA) is 61.1 Å². The van der Waals surface area contributed by atoms with Gasteiger partial charge in [0.05, 0.1) is 11.6 Å². The van der Waals surface area contributed by atoms with Gasteiger partial charge in [0.25, 0.3) is 0 Å². The number of carbonyl (C=O) groups excluding carboxylic acids is 1. The van der Waals surface area contributed by atoms with Crippen molar-refractivity contribution in [1.29, 1.82) is 5.26 Å². The van der Waals surface area contributed by atoms with Gasteiger partial charge in [-0.2, -0.15) is 5.26 Å². The van der Waals surface area contributed by atoms with Gasteiger partial charge < -0.3 is 9.88 Å². The van der Waals surface area contributed by atoms with Gasteiger partial charge in [0, 0.05) is 44.5 Å². The summed E-state index contributed by atoms with van der Waals surface area (Å²) >= 11 is 0. The van der Waals surface area contributed by atoms with Gasteiger partial charge in [0.2, 0.25) is 5.91 Å². The summed E-state index contributed by atoms with van der Waals surface area (Å²) in [6.45, 7) is 5.08. The fraction of sp³-hybridized carbons (Fsp3) is 0.400. The maximum absolute atomic E-state index is 11.3. The Morgan fingerprint density at radius 3 is 2.92 bits per heavy atom. The lowest BCUT2D eigenvalue weighted by Crippen LogP contribution is -2.46. The van der Waals surface area contributed by atoms with Crippen LogP contribution in [0.25, 0.3) is 0 Å². The lowest BCUT2D eigenvalue weighted by atomic mass is 10.1. The summed E-state index contributed by atoms with van der Waals surface area (Å²) in [4.78, 5) is 13.7. The number of nitriles is 1. The second kappa shape index (κ2) is 8.00. The van der Waals surface area contributed by atoms with E-state index in [1.807, 2.05) is 24.3 Å². The summed E-state index contributed by atoms with van der Waals surface area (Å²) in [6, 6.07) is 14.4. The van der Waals surface area contributed by atoms with Gasteiger partial charge in [0.1, 0.15) is 0 Å². The average Bonchev–Trinajstić information content (AvgIpc) is 3.02. The third-order valence-corrected chi connectivity index (χ3v) is 4.70. The third-order valence-electron chi connectivity index (χ3n) is 4.70. The smallest absolute Gasteiger partial charge is 0.217 e. The number of piperidine rings is 1. The number of hydrogen-bond acceptors (Lipinski definition) is 3. The molecule has 0 saturated carbocycles. The average molecular weight is 336 g/mol. The highest BCUT2D eigenvalue weighted by molar-refractivity contribution is 5.73. The molecule has 25 heavy (non-hydrogen) atoms. The standard InChI is InChI=1S/C20H24N4O/c1-16(25)22-19-8-4-10-23(14-19)15-20-9-5-11-24(20)13-18-7-3-2-6-17(18)12-21/h2-3,5-7,9,11,19H,4,8,10,13-15H2,1H3,(H,22,25). The van der Waals surface area contributed by atoms with Gasteiger partial charge in [-0.1, -0.05) is 18.2 Å². The molecule has 1 amide bonds. The number of rotatable bonds is 5. The van der Waals surface area contributed by atoms with E-state index >= 15 is 0 Å². The quantitative estimate of drug-likeness (QED) is 0.912. The summed E-state index contributed by atoms with van der Waals surface area (Å²) in [7, 11) is 0. The fourth-order valence-corrected chi connectivity index (χ4v) is 3.53. The van der Waals surface area contributed by atoms with Gasteiger partial charge in [-0.25, -0.2) is 0 Å². The van der Waals surface area contributed by atoms with Crippen molar-refractivity contribution in [2.24, 2.45) is 0 Å². The zero-order chi connectivity index (χ0) is 17.6. The van der Waals surface area contributed by atoms with E-state index in [2.05, 4.69) is 39.2 Å². The normalized spacial score (nSPS) is 17.8. The molecule has 5 nitrogen and oxygen atoms in total. The number of hydrogen-bond donors (Lipinski definition) is 1. The van der Waals surface area contributed by atoms with Crippen LogP contribution in [0.15, 0.2) is 42.6 Å². The van der Waals surface area contributed by atoms with E-state index in [0.717, 1.165) is 43.6 Å². The van der Waals surface area contributed by atoms with Crippen LogP contribution >= 0.6 is 0 Å². The lowest BCUT2D eigenvalue weighted by Gasteiger charge is -2.33. The highest BCUT2D eigenvalue weighted by Crippen LogP contribution is 2.17. The maximum atomic E-state index is 11.3. The Morgan fingerprint density at radius 1 is 1.28 bits per heavy atom. The number of carbonyl (C=O) groups is 1. The van der Waals surface area contributed by atoms with Crippen LogP contribution in [-0.4, -0.2) is 34.5 Å². The number of benzene rings is 1. The number of nitrogens with one attached hydrogen (secondary N) is 1. The Morgan fingerprint density at radius 2 is 2.12 bits per heavy atom. The Labute approximate surface area is 148 Å². The van der Waals surface area contributed by atoms with Crippen LogP contribution in [0.4, 0.5) is 0 Å². The number of likely N-dealkylation sites (tertiary alicyclic amines) is 1. The van der Waals surface area contributed by atoms with E-state index in [-0.39, 0.29) is 11.9 Å². The Balaban J connectivity index is 1.68. The minimum Gasteiger partial charge on any atom is -0.352 e. The molecule has 1 saturated heterocycles. The Hall–Kier alpha value is -2.58. The summed E-state index contributed by atoms with van der Waals surface area (Å²) in [6.07, 6.45) is 4.22. The van der Waals surface area contributed by atoms with Crippen molar-refractivity contribution in [3.63, 3.8) is 0 Å². The fourth-order valence-electron chi connectivity index (χ4n) is 3.53. The van der Waals surface area contributed by atoms with Crippen molar-refractivity contribution in [1.82, 2.24) is 14.8 Å². The van der Waals surface area contributed by atoms with Gasteiger partial charge in [-0.05, 0) is 43.1 Å². The number of amides is 1. The van der Waals surface area contributed by atoms with Crippen LogP contribution in [0.5, 0.6) is 0 Å². The molecule has 1 aliphatic rings. The highest BCUT2D eigenvalue weighted by Gasteiger charge is 2.21. The minimum atomic E-state index is 0.0448. The molecule has 3 rings (SSSR count). The van der Waals surface area contributed by atoms with Crippen molar-refractivity contribution in [3.8, 4) is 6.07 Å². The summed E-state index contributed by atoms with van der Waals surface area (Å²) < 4.78 is 2.21. The molecule has 130 valence electrons. The first-order valence-electron chi connectivity index (χ1n) is 8.77. The van der Waals surface area contributed by atoms with Crippen molar-refractivity contribution in [2.75, 3.05) is 13.1 Å². The molecule has 1 aromatic heterocycles. The van der Waals surface area contributed by atoms with Crippen LogP contribution in [0, 0.1) is 11.3 Å². The molecule has 2 aromatic rings. The molecule has 1 unspecified atom stereocenters. The molecule has 1 atom stereocenters. The molecule has 5 heteroatoms. The van der Waals surface area contributed by atoms with Gasteiger partial charge in [-0.3, -0.25) is 9.69 Å². The van der Waals surface area contributed by atoms with Crippen LogP contribution in [-0.2, 0) is 17.9 Å². The first-order valence-corrected chi connectivity index (χ1v) is 8.77. The zero-order valence-corrected chi connectivity index (χ0v) is 14.6. The van der Waals surface area contributed by atoms with Crippen molar-refractivity contribution < 1.29 is 4.79 Å². The van der Waals surface area contributed by atoms with Crippen molar-refractivity contribution in [3.05, 3.63) is 59.4 Å². The highest BCUT2D eigenvalue weighted by atomic mass is 16.1. The Bertz CT molecular complexity index is 774. The largest absolute Gasteiger partial charge is 0.352 e. The van der Waals surface area contributed by atoms with Crippen LogP contribution < -0.4 is 5.32 Å². The predicted octanol–water partition coefficient (Wildman–Crippen LogP) is 2.51. The predicted molar refractivity (Wildman–Crippen MR) is 96.8 cm³/mol. The van der Waals surface area contributed by atoms with Crippen molar-refractivity contribution >= 4 is 5.91 Å². The molecule has 1 N–H and O–H groups in total. The lowest BCUT2D eigenvalue weighted by molar-refractivity contribution is -0.120. The third kappa shape index (κ3) is 4.49. The molecular weight excluding hydrogens is 312 g/mol. The first-order chi connectivity index (χ1) is 12.2. The van der Waals surface area contributed by atoms with Crippen LogP contribution in [0.2, 0.25) is 0 Å². The van der Waals surface area contributed by atoms with Crippen molar-refractivity contribution in [2.45, 2.75) is 38.9 Å². The van der Waals surface area contributed by atoms with E-state index in [1.54, 1.807) is 6.92 Å². The number of aromatic nitrogens is 1. The van der Waals surface area contributed by atoms with E-state index < -0.39 is 0 Å². The van der Waals surface area contributed by atoms with E-state index in [9.17, 15) is 10.1 Å². The first kappa shape index (κ1) is 17.2. The maximum Gasteiger partial charge on any atom is 0.217 e. The molecule has 1 fully saturated rings. The van der Waals surface area contributed by atoms with Crippen LogP contribution in [0.1, 0.15) is 36.6 Å². The molecule has 0 aliphatic carbocycles. The summed E-state index contributed by atoms with van der Waals surface area (Å²) in [5, 5.41) is 12.3. The number of nitrogens with zero attached hydrogens (tertiary/aromatic N) is 3. The van der Waals surface area contributed by atoms with E-state index in [4.69, 9.17) is 0 Å². The minimum absolute atomic E-state index is 0.0448. The molecule has 0 bridgehead atoms. The van der Waals surface area contributed by atoms with E-state index in [1.165, 1.54) is 5.69 Å². The SMILES string of the molecule is CC(=O)NC1CCCN(Cc2cccn2Cc2ccccc2C#N)C1.